The van der Waals surface area contributed by atoms with Crippen molar-refractivity contribution in [2.75, 3.05) is 11.2 Å². The number of nitriles is 1. The molecule has 0 saturated heterocycles. The average molecular weight is 306 g/mol. The first-order valence-corrected chi connectivity index (χ1v) is 7.21. The molecule has 1 rings (SSSR count). The van der Waals surface area contributed by atoms with Gasteiger partial charge < -0.3 is 16.2 Å². The minimum absolute atomic E-state index is 0.0625. The molecule has 0 atom stereocenters. The van der Waals surface area contributed by atoms with Crippen molar-refractivity contribution in [3.63, 3.8) is 0 Å². The molecule has 0 aliphatic rings. The van der Waals surface area contributed by atoms with Crippen LogP contribution in [0.5, 0.6) is 0 Å². The van der Waals surface area contributed by atoms with Gasteiger partial charge in [-0.15, -0.1) is 0 Å². The highest BCUT2D eigenvalue weighted by Gasteiger charge is 2.10. The lowest BCUT2D eigenvalue weighted by molar-refractivity contribution is -0.115. The summed E-state index contributed by atoms with van der Waals surface area (Å²) in [6, 6.07) is 11.1. The third kappa shape index (κ3) is 5.73. The number of amides is 1. The van der Waals surface area contributed by atoms with Gasteiger partial charge in [-0.2, -0.15) is 5.26 Å². The van der Waals surface area contributed by atoms with E-state index in [0.717, 1.165) is 11.4 Å². The normalized spacial score (nSPS) is 10.3. The van der Waals surface area contributed by atoms with Gasteiger partial charge in [0.1, 0.15) is 16.0 Å². The van der Waals surface area contributed by atoms with Crippen molar-refractivity contribution in [3.05, 3.63) is 42.1 Å². The number of nitrogens with zero attached hydrogens (tertiary/aromatic N) is 1. The van der Waals surface area contributed by atoms with Crippen LogP contribution in [0.15, 0.2) is 42.1 Å². The van der Waals surface area contributed by atoms with Gasteiger partial charge in [0.15, 0.2) is 0 Å². The Morgan fingerprint density at radius 3 is 2.75 bits per heavy atom. The molecule has 5 nitrogen and oxygen atoms in total. The first-order valence-electron chi connectivity index (χ1n) is 5.82. The van der Waals surface area contributed by atoms with Crippen LogP contribution in [0.25, 0.3) is 0 Å². The van der Waals surface area contributed by atoms with Crippen molar-refractivity contribution in [3.8, 4) is 6.07 Å². The average Bonchev–Trinajstić information content (AvgIpc) is 2.44. The molecule has 1 aromatic carbocycles. The fraction of sp³-hybridized carbons (Fsp3) is 0.154. The van der Waals surface area contributed by atoms with Gasteiger partial charge in [0.2, 0.25) is 0 Å². The number of para-hydroxylation sites is 1. The second-order valence-electron chi connectivity index (χ2n) is 3.48. The van der Waals surface area contributed by atoms with E-state index in [1.54, 1.807) is 0 Å². The summed E-state index contributed by atoms with van der Waals surface area (Å²) in [5.74, 6) is 0.235. The lowest BCUT2D eigenvalue weighted by Gasteiger charge is -2.07. The number of hydrogen-bond acceptors (Lipinski definition) is 6. The van der Waals surface area contributed by atoms with Gasteiger partial charge in [0.25, 0.3) is 5.91 Å². The predicted molar refractivity (Wildman–Crippen MR) is 85.8 cm³/mol. The molecule has 0 heterocycles. The van der Waals surface area contributed by atoms with Gasteiger partial charge in [0.05, 0.1) is 5.69 Å². The third-order valence-electron chi connectivity index (χ3n) is 2.06. The molecule has 104 valence electrons. The zero-order valence-electron chi connectivity index (χ0n) is 10.8. The van der Waals surface area contributed by atoms with Crippen LogP contribution >= 0.6 is 24.0 Å². The Morgan fingerprint density at radius 1 is 1.45 bits per heavy atom. The molecule has 3 N–H and O–H groups in total. The lowest BCUT2D eigenvalue weighted by atomic mass is 10.3. The number of anilines is 1. The zero-order chi connectivity index (χ0) is 14.8. The molecule has 0 bridgehead atoms. The Bertz CT molecular complexity index is 537. The van der Waals surface area contributed by atoms with Crippen molar-refractivity contribution < 1.29 is 4.79 Å². The largest absolute Gasteiger partial charge is 0.307 e. The molecule has 1 aromatic rings. The van der Waals surface area contributed by atoms with Crippen LogP contribution in [0.4, 0.5) is 5.69 Å². The van der Waals surface area contributed by atoms with Crippen LogP contribution in [0, 0.1) is 11.3 Å². The topological polar surface area (TPSA) is 77.0 Å². The molecule has 0 unspecified atom stereocenters. The van der Waals surface area contributed by atoms with E-state index >= 15 is 0 Å². The maximum absolute atomic E-state index is 11.7. The monoisotopic (exact) mass is 306 g/mol. The Kier molecular flexibility index (Phi) is 7.17. The van der Waals surface area contributed by atoms with Crippen molar-refractivity contribution in [2.24, 2.45) is 0 Å². The SMILES string of the molecule is CCSC(=S)NC(=O)/C(C#N)=C/NNc1ccccc1. The van der Waals surface area contributed by atoms with E-state index in [2.05, 4.69) is 16.2 Å². The number of rotatable bonds is 5. The molecule has 0 fully saturated rings. The summed E-state index contributed by atoms with van der Waals surface area (Å²) in [7, 11) is 0. The quantitative estimate of drug-likeness (QED) is 0.335. The fourth-order valence-electron chi connectivity index (χ4n) is 1.19. The molecule has 1 amide bonds. The standard InChI is InChI=1S/C13H14N4OS2/c1-2-20-13(19)16-12(18)10(8-14)9-15-17-11-6-4-3-5-7-11/h3-7,9,15,17H,2H2,1H3,(H,16,18,19)/b10-9+. The second kappa shape index (κ2) is 8.96. The lowest BCUT2D eigenvalue weighted by Crippen LogP contribution is -2.29. The highest BCUT2D eigenvalue weighted by atomic mass is 32.2. The molecule has 0 aliphatic carbocycles. The summed E-state index contributed by atoms with van der Waals surface area (Å²) in [5, 5.41) is 11.4. The predicted octanol–water partition coefficient (Wildman–Crippen LogP) is 2.16. The van der Waals surface area contributed by atoms with E-state index in [4.69, 9.17) is 17.5 Å². The van der Waals surface area contributed by atoms with Gasteiger partial charge in [0, 0.05) is 6.20 Å². The van der Waals surface area contributed by atoms with Crippen molar-refractivity contribution >= 4 is 39.9 Å². The third-order valence-corrected chi connectivity index (χ3v) is 3.17. The summed E-state index contributed by atoms with van der Waals surface area (Å²) in [4.78, 5) is 11.7. The van der Waals surface area contributed by atoms with E-state index in [-0.39, 0.29) is 5.57 Å². The van der Waals surface area contributed by atoms with Gasteiger partial charge in [-0.3, -0.25) is 4.79 Å². The Morgan fingerprint density at radius 2 is 2.15 bits per heavy atom. The first-order chi connectivity index (χ1) is 9.67. The molecule has 20 heavy (non-hydrogen) atoms. The first kappa shape index (κ1) is 16.0. The van der Waals surface area contributed by atoms with Gasteiger partial charge in [-0.1, -0.05) is 49.1 Å². The van der Waals surface area contributed by atoms with Crippen LogP contribution in [0.3, 0.4) is 0 Å². The van der Waals surface area contributed by atoms with Crippen molar-refractivity contribution in [1.29, 1.82) is 5.26 Å². The minimum atomic E-state index is -0.527. The fourth-order valence-corrected chi connectivity index (χ4v) is 2.06. The Hall–Kier alpha value is -2.04. The number of thioether (sulfide) groups is 1. The number of hydrazine groups is 1. The molecule has 0 aromatic heterocycles. The maximum atomic E-state index is 11.7. The summed E-state index contributed by atoms with van der Waals surface area (Å²) in [6.45, 7) is 1.93. The van der Waals surface area contributed by atoms with Crippen LogP contribution in [0.1, 0.15) is 6.92 Å². The van der Waals surface area contributed by atoms with Crippen molar-refractivity contribution in [1.82, 2.24) is 10.7 Å². The van der Waals surface area contributed by atoms with Gasteiger partial charge in [-0.25, -0.2) is 0 Å². The summed E-state index contributed by atoms with van der Waals surface area (Å²) in [5.41, 5.74) is 6.30. The van der Waals surface area contributed by atoms with E-state index in [1.807, 2.05) is 43.3 Å². The number of thiocarbonyl (C=S) groups is 1. The number of nitrogens with one attached hydrogen (secondary N) is 3. The smallest absolute Gasteiger partial charge is 0.268 e. The molecule has 0 radical (unpaired) electrons. The number of carbonyl (C=O) groups is 1. The maximum Gasteiger partial charge on any atom is 0.268 e. The second-order valence-corrected chi connectivity index (χ2v) is 5.42. The van der Waals surface area contributed by atoms with Crippen molar-refractivity contribution in [2.45, 2.75) is 6.92 Å². The molecule has 0 spiro atoms. The number of hydrogen-bond donors (Lipinski definition) is 3. The molecule has 0 saturated carbocycles. The number of benzene rings is 1. The highest BCUT2D eigenvalue weighted by molar-refractivity contribution is 8.23. The Labute approximate surface area is 127 Å². The van der Waals surface area contributed by atoms with E-state index in [1.165, 1.54) is 18.0 Å². The van der Waals surface area contributed by atoms with Crippen LogP contribution in [0.2, 0.25) is 0 Å². The van der Waals surface area contributed by atoms with Crippen LogP contribution in [-0.4, -0.2) is 16.0 Å². The minimum Gasteiger partial charge on any atom is -0.307 e. The van der Waals surface area contributed by atoms with Crippen LogP contribution < -0.4 is 16.2 Å². The molecular formula is C13H14N4OS2. The Balaban J connectivity index is 2.53. The van der Waals surface area contributed by atoms with E-state index < -0.39 is 5.91 Å². The van der Waals surface area contributed by atoms with Crippen LogP contribution in [-0.2, 0) is 4.79 Å². The zero-order valence-corrected chi connectivity index (χ0v) is 12.5. The highest BCUT2D eigenvalue weighted by Crippen LogP contribution is 2.03. The number of carbonyl (C=O) groups excluding carboxylic acids is 1. The summed E-state index contributed by atoms with van der Waals surface area (Å²) in [6.07, 6.45) is 1.29. The molecular weight excluding hydrogens is 292 g/mol. The van der Waals surface area contributed by atoms with Gasteiger partial charge >= 0.3 is 0 Å². The summed E-state index contributed by atoms with van der Waals surface area (Å²) >= 11 is 6.28. The summed E-state index contributed by atoms with van der Waals surface area (Å²) < 4.78 is 0.356. The molecule has 0 aliphatic heterocycles. The van der Waals surface area contributed by atoms with E-state index in [0.29, 0.717) is 4.32 Å². The van der Waals surface area contributed by atoms with Gasteiger partial charge in [-0.05, 0) is 17.9 Å². The molecule has 7 heteroatoms. The van der Waals surface area contributed by atoms with E-state index in [9.17, 15) is 4.79 Å².